The summed E-state index contributed by atoms with van der Waals surface area (Å²) < 4.78 is 12.0. The number of hydrogen-bond donors (Lipinski definition) is 1. The van der Waals surface area contributed by atoms with Crippen molar-refractivity contribution < 1.29 is 29.0 Å². The zero-order valence-electron chi connectivity index (χ0n) is 32.9. The normalized spacial score (nSPS) is 11.6. The van der Waals surface area contributed by atoms with Crippen LogP contribution in [0.2, 0.25) is 0 Å². The van der Waals surface area contributed by atoms with E-state index in [1.807, 2.05) is 0 Å². The molecule has 7 heteroatoms. The molecule has 7 nitrogen and oxygen atoms in total. The van der Waals surface area contributed by atoms with Crippen LogP contribution < -0.4 is 0 Å². The zero-order valence-corrected chi connectivity index (χ0v) is 32.9. The van der Waals surface area contributed by atoms with Gasteiger partial charge in [0.25, 0.3) is 0 Å². The van der Waals surface area contributed by atoms with Crippen LogP contribution in [0.4, 0.5) is 0 Å². The Balaban J connectivity index is 4.84. The van der Waals surface area contributed by atoms with Crippen LogP contribution in [0, 0.1) is 0 Å². The molecule has 0 unspecified atom stereocenters. The fourth-order valence-electron chi connectivity index (χ4n) is 6.60. The molecule has 0 aliphatic rings. The molecule has 0 fully saturated rings. The summed E-state index contributed by atoms with van der Waals surface area (Å²) in [4.78, 5) is 39.1. The van der Waals surface area contributed by atoms with Crippen LogP contribution in [-0.2, 0) is 23.9 Å². The Bertz CT molecular complexity index is 679. The van der Waals surface area contributed by atoms with Crippen LogP contribution in [0.1, 0.15) is 220 Å². The van der Waals surface area contributed by atoms with Crippen molar-refractivity contribution in [2.75, 3.05) is 19.6 Å². The molecule has 0 radical (unpaired) electrons. The van der Waals surface area contributed by atoms with Gasteiger partial charge in [0.1, 0.15) is 12.2 Å². The second-order valence-corrected chi connectivity index (χ2v) is 14.6. The number of aliphatic carboxylic acids is 1. The number of unbranched alkanes of at least 4 members (excludes halogenated alkanes) is 16. The molecule has 0 atom stereocenters. The summed E-state index contributed by atoms with van der Waals surface area (Å²) in [7, 11) is 0. The molecule has 49 heavy (non-hydrogen) atoms. The van der Waals surface area contributed by atoms with Gasteiger partial charge < -0.3 is 19.5 Å². The molecular weight excluding hydrogens is 614 g/mol. The van der Waals surface area contributed by atoms with Gasteiger partial charge in [-0.3, -0.25) is 14.4 Å². The maximum absolute atomic E-state index is 12.9. The van der Waals surface area contributed by atoms with Gasteiger partial charge in [0.05, 0.1) is 0 Å². The van der Waals surface area contributed by atoms with Gasteiger partial charge >= 0.3 is 17.9 Å². The Morgan fingerprint density at radius 2 is 0.714 bits per heavy atom. The van der Waals surface area contributed by atoms with Crippen molar-refractivity contribution in [1.82, 2.24) is 4.90 Å². The summed E-state index contributed by atoms with van der Waals surface area (Å²) in [6.07, 6.45) is 30.9. The number of carbonyl (C=O) groups is 3. The standard InChI is InChI=1S/C42H81NO6/c1-5-9-13-17-21-28-38(29-22-18-14-10-6-2)48-41(46)33-26-36-43(35-25-32-40(44)45)37-27-34-42(47)49-39(30-23-19-15-11-7-3)31-24-20-16-12-8-4/h38-39H,5-37H2,1-4H3,(H,44,45). The lowest BCUT2D eigenvalue weighted by atomic mass is 10.0. The largest absolute Gasteiger partial charge is 0.481 e. The van der Waals surface area contributed by atoms with Crippen molar-refractivity contribution in [3.05, 3.63) is 0 Å². The Morgan fingerprint density at radius 3 is 1.00 bits per heavy atom. The molecular formula is C42H81NO6. The highest BCUT2D eigenvalue weighted by Gasteiger charge is 2.17. The SMILES string of the molecule is CCCCCCCC(CCCCCCC)OC(=O)CCCN(CCCC(=O)O)CCCC(=O)OC(CCCCCCC)CCCCCCC. The third kappa shape index (κ3) is 33.3. The lowest BCUT2D eigenvalue weighted by Crippen LogP contribution is -2.29. The maximum Gasteiger partial charge on any atom is 0.306 e. The predicted octanol–water partition coefficient (Wildman–Crippen LogP) is 12.0. The fourth-order valence-corrected chi connectivity index (χ4v) is 6.60. The molecule has 0 aliphatic heterocycles. The van der Waals surface area contributed by atoms with Gasteiger partial charge in [-0.25, -0.2) is 0 Å². The average molecular weight is 696 g/mol. The third-order valence-corrected chi connectivity index (χ3v) is 9.69. The number of carbonyl (C=O) groups excluding carboxylic acids is 2. The minimum atomic E-state index is -0.794. The highest BCUT2D eigenvalue weighted by molar-refractivity contribution is 5.70. The molecule has 0 saturated heterocycles. The summed E-state index contributed by atoms with van der Waals surface area (Å²) in [5.74, 6) is -1.02. The van der Waals surface area contributed by atoms with Gasteiger partial charge in [0, 0.05) is 19.3 Å². The second kappa shape index (κ2) is 36.2. The van der Waals surface area contributed by atoms with Crippen LogP contribution in [0.25, 0.3) is 0 Å². The number of hydrogen-bond acceptors (Lipinski definition) is 6. The Kier molecular flexibility index (Phi) is 35.0. The summed E-state index contributed by atoms with van der Waals surface area (Å²) >= 11 is 0. The van der Waals surface area contributed by atoms with E-state index in [2.05, 4.69) is 32.6 Å². The number of carboxylic acid groups (broad SMARTS) is 1. The van der Waals surface area contributed by atoms with Crippen LogP contribution in [0.5, 0.6) is 0 Å². The van der Waals surface area contributed by atoms with E-state index in [9.17, 15) is 14.4 Å². The minimum Gasteiger partial charge on any atom is -0.481 e. The molecule has 0 aromatic rings. The van der Waals surface area contributed by atoms with E-state index in [0.717, 1.165) is 51.4 Å². The van der Waals surface area contributed by atoms with E-state index in [1.165, 1.54) is 103 Å². The van der Waals surface area contributed by atoms with Crippen LogP contribution in [0.3, 0.4) is 0 Å². The highest BCUT2D eigenvalue weighted by atomic mass is 16.5. The first-order valence-corrected chi connectivity index (χ1v) is 21.2. The van der Waals surface area contributed by atoms with Crippen molar-refractivity contribution in [2.24, 2.45) is 0 Å². The van der Waals surface area contributed by atoms with Crippen LogP contribution in [0.15, 0.2) is 0 Å². The molecule has 0 aliphatic carbocycles. The van der Waals surface area contributed by atoms with Gasteiger partial charge in [-0.15, -0.1) is 0 Å². The summed E-state index contributed by atoms with van der Waals surface area (Å²) in [5, 5.41) is 9.17. The van der Waals surface area contributed by atoms with Crippen molar-refractivity contribution in [3.8, 4) is 0 Å². The minimum absolute atomic E-state index is 0.0185. The molecule has 0 spiro atoms. The van der Waals surface area contributed by atoms with Gasteiger partial charge in [-0.1, -0.05) is 130 Å². The molecule has 0 bridgehead atoms. The van der Waals surface area contributed by atoms with E-state index in [4.69, 9.17) is 14.6 Å². The number of nitrogens with zero attached hydrogens (tertiary/aromatic N) is 1. The predicted molar refractivity (Wildman–Crippen MR) is 205 cm³/mol. The monoisotopic (exact) mass is 696 g/mol. The lowest BCUT2D eigenvalue weighted by molar-refractivity contribution is -0.150. The topological polar surface area (TPSA) is 93.1 Å². The van der Waals surface area contributed by atoms with Gasteiger partial charge in [-0.2, -0.15) is 0 Å². The summed E-state index contributed by atoms with van der Waals surface area (Å²) in [5.41, 5.74) is 0. The van der Waals surface area contributed by atoms with Crippen molar-refractivity contribution in [1.29, 1.82) is 0 Å². The molecule has 1 N–H and O–H groups in total. The van der Waals surface area contributed by atoms with Gasteiger partial charge in [0.15, 0.2) is 0 Å². The average Bonchev–Trinajstić information content (AvgIpc) is 3.07. The first kappa shape index (κ1) is 47.4. The number of ether oxygens (including phenoxy) is 2. The van der Waals surface area contributed by atoms with E-state index in [0.29, 0.717) is 51.7 Å². The van der Waals surface area contributed by atoms with Gasteiger partial charge in [-0.05, 0) is 90.3 Å². The lowest BCUT2D eigenvalue weighted by Gasteiger charge is -2.23. The van der Waals surface area contributed by atoms with E-state index >= 15 is 0 Å². The Labute approximate surface area is 303 Å². The second-order valence-electron chi connectivity index (χ2n) is 14.6. The van der Waals surface area contributed by atoms with Crippen LogP contribution >= 0.6 is 0 Å². The van der Waals surface area contributed by atoms with Gasteiger partial charge in [0.2, 0.25) is 0 Å². The van der Waals surface area contributed by atoms with Crippen molar-refractivity contribution in [2.45, 2.75) is 233 Å². The quantitative estimate of drug-likeness (QED) is 0.0507. The highest BCUT2D eigenvalue weighted by Crippen LogP contribution is 2.19. The zero-order chi connectivity index (χ0) is 36.2. The molecule has 0 aromatic heterocycles. The molecule has 0 amide bonds. The first-order chi connectivity index (χ1) is 23.9. The number of carboxylic acids is 1. The molecule has 0 heterocycles. The molecule has 0 saturated carbocycles. The summed E-state index contributed by atoms with van der Waals surface area (Å²) in [6.45, 7) is 10.9. The Hall–Kier alpha value is -1.63. The van der Waals surface area contributed by atoms with Crippen LogP contribution in [-0.4, -0.2) is 59.8 Å². The molecule has 0 rings (SSSR count). The smallest absolute Gasteiger partial charge is 0.306 e. The van der Waals surface area contributed by atoms with Crippen molar-refractivity contribution in [3.63, 3.8) is 0 Å². The molecule has 0 aromatic carbocycles. The number of esters is 2. The third-order valence-electron chi connectivity index (χ3n) is 9.69. The van der Waals surface area contributed by atoms with Crippen molar-refractivity contribution >= 4 is 17.9 Å². The number of rotatable bonds is 38. The molecule has 290 valence electrons. The fraction of sp³-hybridized carbons (Fsp3) is 0.929. The summed E-state index contributed by atoms with van der Waals surface area (Å²) in [6, 6.07) is 0. The van der Waals surface area contributed by atoms with E-state index < -0.39 is 5.97 Å². The van der Waals surface area contributed by atoms with E-state index in [1.54, 1.807) is 0 Å². The Morgan fingerprint density at radius 1 is 0.429 bits per heavy atom. The first-order valence-electron chi connectivity index (χ1n) is 21.2. The maximum atomic E-state index is 12.9. The van der Waals surface area contributed by atoms with E-state index in [-0.39, 0.29) is 30.6 Å².